The Morgan fingerprint density at radius 1 is 1.26 bits per heavy atom. The number of hydrogen-bond acceptors (Lipinski definition) is 2. The molecule has 3 fully saturated rings. The molecule has 1 heterocycles. The highest BCUT2D eigenvalue weighted by molar-refractivity contribution is 5.32. The zero-order valence-electron chi connectivity index (χ0n) is 11.9. The van der Waals surface area contributed by atoms with E-state index in [0.717, 1.165) is 19.4 Å². The minimum atomic E-state index is 0.177. The quantitative estimate of drug-likeness (QED) is 0.687. The molecule has 2 heteroatoms. The molecule has 1 atom stereocenters. The molecular weight excluding hydrogens is 234 g/mol. The molecule has 3 aliphatic rings. The molecule has 0 aromatic rings. The van der Waals surface area contributed by atoms with Crippen LogP contribution in [0.25, 0.3) is 0 Å². The van der Waals surface area contributed by atoms with E-state index in [4.69, 9.17) is 4.74 Å². The van der Waals surface area contributed by atoms with Crippen molar-refractivity contribution >= 4 is 6.72 Å². The Kier molecular flexibility index (Phi) is 3.88. The maximum absolute atomic E-state index is 6.10. The second-order valence-corrected chi connectivity index (χ2v) is 6.36. The van der Waals surface area contributed by atoms with Gasteiger partial charge in [0.1, 0.15) is 0 Å². The van der Waals surface area contributed by atoms with E-state index in [0.29, 0.717) is 5.92 Å². The summed E-state index contributed by atoms with van der Waals surface area (Å²) in [7, 11) is 0. The Morgan fingerprint density at radius 3 is 2.68 bits per heavy atom. The van der Waals surface area contributed by atoms with Gasteiger partial charge < -0.3 is 4.74 Å². The van der Waals surface area contributed by atoms with Crippen molar-refractivity contribution < 1.29 is 4.74 Å². The van der Waals surface area contributed by atoms with E-state index in [-0.39, 0.29) is 5.60 Å². The van der Waals surface area contributed by atoms with E-state index in [2.05, 4.69) is 23.9 Å². The van der Waals surface area contributed by atoms with Crippen LogP contribution in [0.2, 0.25) is 0 Å². The van der Waals surface area contributed by atoms with Gasteiger partial charge in [0.25, 0.3) is 0 Å². The fraction of sp³-hybridized carbons (Fsp3) is 0.706. The smallest absolute Gasteiger partial charge is 0.0689 e. The van der Waals surface area contributed by atoms with Crippen LogP contribution in [0.3, 0.4) is 0 Å². The SMILES string of the molecule is C=N/C(=C\C=C1CCC1)C1CCOC2(CCCC2)C1. The average Bonchev–Trinajstić information content (AvgIpc) is 2.80. The summed E-state index contributed by atoms with van der Waals surface area (Å²) in [6.45, 7) is 4.68. The Hall–Kier alpha value is -0.890. The van der Waals surface area contributed by atoms with Crippen molar-refractivity contribution in [3.63, 3.8) is 0 Å². The molecule has 0 N–H and O–H groups in total. The molecule has 0 bridgehead atoms. The summed E-state index contributed by atoms with van der Waals surface area (Å²) in [6.07, 6.45) is 15.8. The lowest BCUT2D eigenvalue weighted by atomic mass is 9.82. The molecule has 2 aliphatic carbocycles. The third kappa shape index (κ3) is 2.84. The van der Waals surface area contributed by atoms with Crippen molar-refractivity contribution in [3.8, 4) is 0 Å². The molecule has 0 radical (unpaired) electrons. The second kappa shape index (κ2) is 5.62. The van der Waals surface area contributed by atoms with Gasteiger partial charge >= 0.3 is 0 Å². The standard InChI is InChI=1S/C17H25NO/c1-18-16(8-7-14-5-4-6-14)15-9-12-19-17(13-15)10-2-3-11-17/h7-8,15H,1-6,9-13H2/b16-8-. The molecule has 1 saturated heterocycles. The van der Waals surface area contributed by atoms with E-state index in [1.54, 1.807) is 5.57 Å². The molecule has 0 aromatic carbocycles. The first kappa shape index (κ1) is 13.1. The molecule has 0 aromatic heterocycles. The summed E-state index contributed by atoms with van der Waals surface area (Å²) in [5.41, 5.74) is 2.94. The lowest BCUT2D eigenvalue weighted by molar-refractivity contribution is -0.0870. The molecule has 3 rings (SSSR count). The molecule has 1 spiro atoms. The van der Waals surface area contributed by atoms with Crippen LogP contribution < -0.4 is 0 Å². The number of allylic oxidation sites excluding steroid dienone is 4. The molecule has 2 saturated carbocycles. The molecule has 1 unspecified atom stereocenters. The van der Waals surface area contributed by atoms with Gasteiger partial charge in [-0.15, -0.1) is 0 Å². The van der Waals surface area contributed by atoms with Crippen LogP contribution in [-0.4, -0.2) is 18.9 Å². The van der Waals surface area contributed by atoms with Crippen molar-refractivity contribution in [3.05, 3.63) is 23.4 Å². The lowest BCUT2D eigenvalue weighted by Gasteiger charge is -2.38. The summed E-state index contributed by atoms with van der Waals surface area (Å²) in [6, 6.07) is 0. The minimum absolute atomic E-state index is 0.177. The highest BCUT2D eigenvalue weighted by Crippen LogP contribution is 2.44. The fourth-order valence-electron chi connectivity index (χ4n) is 3.72. The van der Waals surface area contributed by atoms with Crippen LogP contribution >= 0.6 is 0 Å². The van der Waals surface area contributed by atoms with Gasteiger partial charge in [-0.1, -0.05) is 24.5 Å². The number of nitrogens with zero attached hydrogens (tertiary/aromatic N) is 1. The topological polar surface area (TPSA) is 21.6 Å². The largest absolute Gasteiger partial charge is 0.375 e. The number of aliphatic imine (C=N–C) groups is 1. The average molecular weight is 259 g/mol. The highest BCUT2D eigenvalue weighted by atomic mass is 16.5. The summed E-state index contributed by atoms with van der Waals surface area (Å²) >= 11 is 0. The van der Waals surface area contributed by atoms with Crippen molar-refractivity contribution in [1.82, 2.24) is 0 Å². The summed E-state index contributed by atoms with van der Waals surface area (Å²) < 4.78 is 6.10. The van der Waals surface area contributed by atoms with E-state index < -0.39 is 0 Å². The van der Waals surface area contributed by atoms with Gasteiger partial charge in [0, 0.05) is 18.2 Å². The van der Waals surface area contributed by atoms with Crippen LogP contribution in [-0.2, 0) is 4.74 Å². The van der Waals surface area contributed by atoms with Gasteiger partial charge in [0.15, 0.2) is 0 Å². The Balaban J connectivity index is 1.70. The molecule has 104 valence electrons. The van der Waals surface area contributed by atoms with Crippen molar-refractivity contribution in [2.24, 2.45) is 10.9 Å². The predicted octanol–water partition coefficient (Wildman–Crippen LogP) is 4.42. The first-order valence-electron chi connectivity index (χ1n) is 7.82. The van der Waals surface area contributed by atoms with Crippen molar-refractivity contribution in [2.45, 2.75) is 63.4 Å². The van der Waals surface area contributed by atoms with Gasteiger partial charge in [-0.3, -0.25) is 4.99 Å². The van der Waals surface area contributed by atoms with E-state index >= 15 is 0 Å². The molecule has 1 aliphatic heterocycles. The minimum Gasteiger partial charge on any atom is -0.375 e. The van der Waals surface area contributed by atoms with Gasteiger partial charge in [0.2, 0.25) is 0 Å². The maximum Gasteiger partial charge on any atom is 0.0689 e. The van der Waals surface area contributed by atoms with E-state index in [1.165, 1.54) is 50.6 Å². The van der Waals surface area contributed by atoms with Crippen LogP contribution in [0.4, 0.5) is 0 Å². The molecule has 2 nitrogen and oxygen atoms in total. The number of hydrogen-bond donors (Lipinski definition) is 0. The van der Waals surface area contributed by atoms with Gasteiger partial charge in [-0.2, -0.15) is 0 Å². The zero-order chi connectivity index (χ0) is 13.1. The van der Waals surface area contributed by atoms with Gasteiger partial charge in [0.05, 0.1) is 5.60 Å². The van der Waals surface area contributed by atoms with Crippen molar-refractivity contribution in [1.29, 1.82) is 0 Å². The van der Waals surface area contributed by atoms with Crippen LogP contribution in [0, 0.1) is 5.92 Å². The van der Waals surface area contributed by atoms with E-state index in [1.807, 2.05) is 0 Å². The Labute approximate surface area is 116 Å². The summed E-state index contributed by atoms with van der Waals surface area (Å²) in [5, 5.41) is 0. The third-order valence-electron chi connectivity index (χ3n) is 5.09. The highest BCUT2D eigenvalue weighted by Gasteiger charge is 2.40. The first-order valence-corrected chi connectivity index (χ1v) is 7.82. The van der Waals surface area contributed by atoms with Crippen LogP contribution in [0.1, 0.15) is 57.8 Å². The predicted molar refractivity (Wildman–Crippen MR) is 79.4 cm³/mol. The Morgan fingerprint density at radius 2 is 2.05 bits per heavy atom. The third-order valence-corrected chi connectivity index (χ3v) is 5.09. The molecule has 0 amide bonds. The van der Waals surface area contributed by atoms with Gasteiger partial charge in [-0.05, 0) is 57.7 Å². The van der Waals surface area contributed by atoms with Crippen molar-refractivity contribution in [2.75, 3.05) is 6.61 Å². The van der Waals surface area contributed by atoms with Crippen LogP contribution in [0.5, 0.6) is 0 Å². The molecular formula is C17H25NO. The summed E-state index contributed by atoms with van der Waals surface area (Å²) in [4.78, 5) is 4.31. The molecule has 19 heavy (non-hydrogen) atoms. The summed E-state index contributed by atoms with van der Waals surface area (Å²) in [5.74, 6) is 0.557. The number of ether oxygens (including phenoxy) is 1. The fourth-order valence-corrected chi connectivity index (χ4v) is 3.72. The van der Waals surface area contributed by atoms with Crippen LogP contribution in [0.15, 0.2) is 28.4 Å². The first-order chi connectivity index (χ1) is 9.31. The Bertz CT molecular complexity index is 395. The lowest BCUT2D eigenvalue weighted by Crippen LogP contribution is -2.37. The normalized spacial score (nSPS) is 30.2. The second-order valence-electron chi connectivity index (χ2n) is 6.36. The zero-order valence-corrected chi connectivity index (χ0v) is 11.9. The maximum atomic E-state index is 6.10. The monoisotopic (exact) mass is 259 g/mol. The van der Waals surface area contributed by atoms with Gasteiger partial charge in [-0.25, -0.2) is 0 Å². The van der Waals surface area contributed by atoms with E-state index in [9.17, 15) is 0 Å². The number of rotatable bonds is 3.